The summed E-state index contributed by atoms with van der Waals surface area (Å²) in [6.45, 7) is 8.07. The van der Waals surface area contributed by atoms with Gasteiger partial charge in [-0.3, -0.25) is 0 Å². The van der Waals surface area contributed by atoms with Gasteiger partial charge in [0.1, 0.15) is 0 Å². The van der Waals surface area contributed by atoms with Gasteiger partial charge in [0.2, 0.25) is 0 Å². The van der Waals surface area contributed by atoms with Gasteiger partial charge in [-0.2, -0.15) is 5.10 Å². The number of fused-ring (bicyclic) bond motifs is 1. The van der Waals surface area contributed by atoms with Gasteiger partial charge in [-0.05, 0) is 36.3 Å². The largest absolute Gasteiger partial charge is 0.309 e. The van der Waals surface area contributed by atoms with E-state index in [2.05, 4.69) is 43.3 Å². The Kier molecular flexibility index (Phi) is 4.03. The Hall–Kier alpha value is -1.35. The van der Waals surface area contributed by atoms with Gasteiger partial charge in [-0.25, -0.2) is 4.52 Å². The molecule has 1 saturated carbocycles. The summed E-state index contributed by atoms with van der Waals surface area (Å²) >= 11 is 0. The van der Waals surface area contributed by atoms with Crippen LogP contribution in [0.1, 0.15) is 52.0 Å². The van der Waals surface area contributed by atoms with Crippen molar-refractivity contribution in [3.63, 3.8) is 0 Å². The molecule has 21 heavy (non-hydrogen) atoms. The lowest BCUT2D eigenvalue weighted by Gasteiger charge is -2.41. The number of nitrogens with zero attached hydrogens (tertiary/aromatic N) is 2. The van der Waals surface area contributed by atoms with Crippen molar-refractivity contribution in [1.29, 1.82) is 0 Å². The molecule has 114 valence electrons. The monoisotopic (exact) mass is 285 g/mol. The van der Waals surface area contributed by atoms with Gasteiger partial charge in [-0.15, -0.1) is 0 Å². The summed E-state index contributed by atoms with van der Waals surface area (Å²) in [4.78, 5) is 0. The highest BCUT2D eigenvalue weighted by Crippen LogP contribution is 2.38. The van der Waals surface area contributed by atoms with Crippen molar-refractivity contribution in [2.45, 2.75) is 59.0 Å². The minimum atomic E-state index is 0.388. The quantitative estimate of drug-likeness (QED) is 0.922. The number of pyridine rings is 1. The van der Waals surface area contributed by atoms with Crippen molar-refractivity contribution in [3.8, 4) is 0 Å². The first-order valence-electron chi connectivity index (χ1n) is 8.20. The number of aromatic nitrogens is 2. The first-order chi connectivity index (χ1) is 10.1. The van der Waals surface area contributed by atoms with Gasteiger partial charge in [0.25, 0.3) is 0 Å². The van der Waals surface area contributed by atoms with Crippen LogP contribution in [0.2, 0.25) is 0 Å². The maximum atomic E-state index is 4.43. The van der Waals surface area contributed by atoms with E-state index in [0.29, 0.717) is 11.5 Å². The summed E-state index contributed by atoms with van der Waals surface area (Å²) in [5.74, 6) is 0.771. The zero-order chi connectivity index (χ0) is 14.9. The van der Waals surface area contributed by atoms with Gasteiger partial charge in [-0.1, -0.05) is 39.7 Å². The molecule has 1 aliphatic rings. The molecule has 2 aromatic heterocycles. The van der Waals surface area contributed by atoms with Crippen molar-refractivity contribution >= 4 is 5.52 Å². The van der Waals surface area contributed by atoms with Crippen molar-refractivity contribution < 1.29 is 0 Å². The second kappa shape index (κ2) is 5.80. The molecule has 3 heteroatoms. The van der Waals surface area contributed by atoms with Crippen LogP contribution in [0, 0.1) is 11.3 Å². The van der Waals surface area contributed by atoms with E-state index in [1.165, 1.54) is 36.8 Å². The van der Waals surface area contributed by atoms with Gasteiger partial charge >= 0.3 is 0 Å². The third kappa shape index (κ3) is 3.13. The number of rotatable bonds is 3. The minimum Gasteiger partial charge on any atom is -0.309 e. The molecule has 1 N–H and O–H groups in total. The maximum Gasteiger partial charge on any atom is 0.0706 e. The topological polar surface area (TPSA) is 29.3 Å². The Morgan fingerprint density at radius 3 is 2.86 bits per heavy atom. The van der Waals surface area contributed by atoms with Crippen molar-refractivity contribution in [2.75, 3.05) is 0 Å². The van der Waals surface area contributed by atoms with E-state index in [0.717, 1.165) is 12.5 Å². The van der Waals surface area contributed by atoms with E-state index in [4.69, 9.17) is 0 Å². The molecule has 2 atom stereocenters. The summed E-state index contributed by atoms with van der Waals surface area (Å²) in [5.41, 5.74) is 2.90. The molecule has 0 bridgehead atoms. The second-order valence-electron chi connectivity index (χ2n) is 7.44. The van der Waals surface area contributed by atoms with Crippen molar-refractivity contribution in [1.82, 2.24) is 14.9 Å². The highest BCUT2D eigenvalue weighted by atomic mass is 15.2. The van der Waals surface area contributed by atoms with Crippen LogP contribution in [0.25, 0.3) is 5.52 Å². The van der Waals surface area contributed by atoms with Crippen molar-refractivity contribution in [3.05, 3.63) is 36.2 Å². The molecule has 0 aliphatic heterocycles. The Balaban J connectivity index is 1.71. The van der Waals surface area contributed by atoms with Crippen LogP contribution in [0.3, 0.4) is 0 Å². The van der Waals surface area contributed by atoms with Crippen LogP contribution in [0.5, 0.6) is 0 Å². The maximum absolute atomic E-state index is 4.43. The predicted octanol–water partition coefficient (Wildman–Crippen LogP) is 4.03. The van der Waals surface area contributed by atoms with E-state index in [-0.39, 0.29) is 0 Å². The van der Waals surface area contributed by atoms with Crippen LogP contribution in [0.15, 0.2) is 30.6 Å². The van der Waals surface area contributed by atoms with E-state index in [1.807, 2.05) is 23.0 Å². The second-order valence-corrected chi connectivity index (χ2v) is 7.44. The third-order valence-electron chi connectivity index (χ3n) is 4.94. The Morgan fingerprint density at radius 1 is 1.24 bits per heavy atom. The van der Waals surface area contributed by atoms with Crippen LogP contribution in [-0.4, -0.2) is 15.7 Å². The molecule has 2 unspecified atom stereocenters. The molecule has 0 saturated heterocycles. The van der Waals surface area contributed by atoms with Crippen LogP contribution < -0.4 is 5.32 Å². The van der Waals surface area contributed by atoms with E-state index in [1.54, 1.807) is 0 Å². The molecule has 0 spiro atoms. The Labute approximate surface area is 127 Å². The molecule has 0 amide bonds. The molecule has 2 aromatic rings. The SMILES string of the molecule is CC(C)(C)C1CCCCC1NCc1cnn2ccccc12. The normalized spacial score (nSPS) is 23.6. The first-order valence-corrected chi connectivity index (χ1v) is 8.20. The van der Waals surface area contributed by atoms with Gasteiger partial charge in [0.05, 0.1) is 11.7 Å². The highest BCUT2D eigenvalue weighted by molar-refractivity contribution is 5.53. The lowest BCUT2D eigenvalue weighted by atomic mass is 9.69. The number of hydrogen-bond donors (Lipinski definition) is 1. The molecule has 0 radical (unpaired) electrons. The molecule has 0 aromatic carbocycles. The minimum absolute atomic E-state index is 0.388. The summed E-state index contributed by atoms with van der Waals surface area (Å²) in [7, 11) is 0. The van der Waals surface area contributed by atoms with Gasteiger partial charge in [0, 0.05) is 24.3 Å². The standard InChI is InChI=1S/C18H27N3/c1-18(2,3)15-8-4-5-9-16(15)19-12-14-13-20-21-11-7-6-10-17(14)21/h6-7,10-11,13,15-16,19H,4-5,8-9,12H2,1-3H3. The molecular weight excluding hydrogens is 258 g/mol. The van der Waals surface area contributed by atoms with Crippen LogP contribution in [0.4, 0.5) is 0 Å². The Morgan fingerprint density at radius 2 is 2.05 bits per heavy atom. The summed E-state index contributed by atoms with van der Waals surface area (Å²) in [6, 6.07) is 6.89. The summed E-state index contributed by atoms with van der Waals surface area (Å²) < 4.78 is 1.96. The zero-order valence-electron chi connectivity index (χ0n) is 13.5. The average molecular weight is 285 g/mol. The summed E-state index contributed by atoms with van der Waals surface area (Å²) in [5, 5.41) is 8.25. The fraction of sp³-hybridized carbons (Fsp3) is 0.611. The molecule has 3 rings (SSSR count). The van der Waals surface area contributed by atoms with E-state index < -0.39 is 0 Å². The smallest absolute Gasteiger partial charge is 0.0706 e. The Bertz CT molecular complexity index is 594. The van der Waals surface area contributed by atoms with E-state index >= 15 is 0 Å². The summed E-state index contributed by atoms with van der Waals surface area (Å²) in [6.07, 6.45) is 9.42. The van der Waals surface area contributed by atoms with Gasteiger partial charge in [0.15, 0.2) is 0 Å². The lowest BCUT2D eigenvalue weighted by Crippen LogP contribution is -2.43. The molecular formula is C18H27N3. The fourth-order valence-electron chi connectivity index (χ4n) is 3.78. The van der Waals surface area contributed by atoms with E-state index in [9.17, 15) is 0 Å². The van der Waals surface area contributed by atoms with Crippen molar-refractivity contribution in [2.24, 2.45) is 11.3 Å². The molecule has 1 aliphatic carbocycles. The van der Waals surface area contributed by atoms with Gasteiger partial charge < -0.3 is 5.32 Å². The average Bonchev–Trinajstić information content (AvgIpc) is 2.88. The zero-order valence-corrected chi connectivity index (χ0v) is 13.5. The molecule has 3 nitrogen and oxygen atoms in total. The molecule has 2 heterocycles. The molecule has 1 fully saturated rings. The first kappa shape index (κ1) is 14.6. The highest BCUT2D eigenvalue weighted by Gasteiger charge is 2.33. The fourth-order valence-corrected chi connectivity index (χ4v) is 3.78. The lowest BCUT2D eigenvalue weighted by molar-refractivity contribution is 0.130. The third-order valence-corrected chi connectivity index (χ3v) is 4.94. The predicted molar refractivity (Wildman–Crippen MR) is 87.2 cm³/mol. The number of nitrogens with one attached hydrogen (secondary N) is 1. The number of hydrogen-bond acceptors (Lipinski definition) is 2. The van der Waals surface area contributed by atoms with Crippen LogP contribution >= 0.6 is 0 Å². The van der Waals surface area contributed by atoms with Crippen LogP contribution in [-0.2, 0) is 6.54 Å².